The smallest absolute Gasteiger partial charge is 0.160 e. The molecule has 8 heteroatoms. The Bertz CT molecular complexity index is 2450. The molecule has 0 amide bonds. The van der Waals surface area contributed by atoms with Gasteiger partial charge in [0.15, 0.2) is 11.3 Å². The summed E-state index contributed by atoms with van der Waals surface area (Å²) in [6.07, 6.45) is 4.11. The summed E-state index contributed by atoms with van der Waals surface area (Å²) in [4.78, 5) is 6.68. The lowest BCUT2D eigenvalue weighted by Gasteiger charge is -2.05. The molecule has 10 rings (SSSR count). The minimum absolute atomic E-state index is 0.860. The number of nitrogens with zero attached hydrogens (tertiary/aromatic N) is 6. The Kier molecular flexibility index (Phi) is 5.33. The number of fused-ring (bicyclic) bond motifs is 8. The van der Waals surface area contributed by atoms with Crippen LogP contribution < -0.4 is 0 Å². The first kappa shape index (κ1) is 24.3. The van der Waals surface area contributed by atoms with Gasteiger partial charge in [-0.15, -0.1) is 20.4 Å². The Morgan fingerprint density at radius 1 is 0.409 bits per heavy atom. The maximum atomic E-state index is 4.32. The highest BCUT2D eigenvalue weighted by atomic mass is 15.2. The van der Waals surface area contributed by atoms with Crippen LogP contribution in [-0.4, -0.2) is 39.2 Å². The topological polar surface area (TPSA) is 92.0 Å². The number of nitrogens with one attached hydrogen (secondary N) is 2. The SMILES string of the molecule is c1ccc2c(c1)nnc1ccc(-c3c[nH]c4ccccc34)n12.c1ccc2c(c1)nnc1ccc(-c3c[nH]c4ccccc34)n12. The fourth-order valence-electron chi connectivity index (χ4n) is 6.19. The molecule has 0 fully saturated rings. The van der Waals surface area contributed by atoms with Crippen LogP contribution in [0.4, 0.5) is 0 Å². The van der Waals surface area contributed by atoms with Crippen molar-refractivity contribution in [2.75, 3.05) is 0 Å². The Hall–Kier alpha value is -6.28. The van der Waals surface area contributed by atoms with Crippen LogP contribution >= 0.6 is 0 Å². The van der Waals surface area contributed by atoms with Crippen molar-refractivity contribution in [3.8, 4) is 22.5 Å². The van der Waals surface area contributed by atoms with Crippen LogP contribution in [0.15, 0.2) is 134 Å². The molecule has 8 nitrogen and oxygen atoms in total. The molecule has 0 radical (unpaired) electrons. The molecular weight excluding hydrogens is 544 g/mol. The standard InChI is InChI=1S/2C18H12N4/c2*1-2-6-14-12(5-1)13(11-19-14)16-9-10-18-21-20-15-7-3-4-8-17(15)22(16)18/h2*1-11,19H. The summed E-state index contributed by atoms with van der Waals surface area (Å²) in [6.45, 7) is 0. The molecule has 0 unspecified atom stereocenters. The summed E-state index contributed by atoms with van der Waals surface area (Å²) in [5.41, 5.74) is 12.5. The van der Waals surface area contributed by atoms with Crippen molar-refractivity contribution in [3.63, 3.8) is 0 Å². The number of para-hydroxylation sites is 4. The van der Waals surface area contributed by atoms with Crippen LogP contribution in [0.1, 0.15) is 0 Å². The average Bonchev–Trinajstić information content (AvgIpc) is 3.89. The van der Waals surface area contributed by atoms with Crippen molar-refractivity contribution in [2.24, 2.45) is 0 Å². The minimum Gasteiger partial charge on any atom is -0.360 e. The average molecular weight is 569 g/mol. The molecular formula is C36H24N8. The van der Waals surface area contributed by atoms with Crippen molar-refractivity contribution < 1.29 is 0 Å². The maximum Gasteiger partial charge on any atom is 0.160 e. The zero-order valence-corrected chi connectivity index (χ0v) is 23.4. The predicted octanol–water partition coefficient (Wildman–Crippen LogP) is 8.06. The quantitative estimate of drug-likeness (QED) is 0.221. The van der Waals surface area contributed by atoms with Crippen molar-refractivity contribution in [2.45, 2.75) is 0 Å². The number of hydrogen-bond acceptors (Lipinski definition) is 4. The van der Waals surface area contributed by atoms with Gasteiger partial charge in [-0.3, -0.25) is 8.80 Å². The van der Waals surface area contributed by atoms with Gasteiger partial charge >= 0.3 is 0 Å². The van der Waals surface area contributed by atoms with Crippen molar-refractivity contribution in [1.82, 2.24) is 39.2 Å². The van der Waals surface area contributed by atoms with Gasteiger partial charge in [-0.05, 0) is 60.7 Å². The Morgan fingerprint density at radius 3 is 1.34 bits per heavy atom. The first-order valence-corrected chi connectivity index (χ1v) is 14.4. The molecule has 10 aromatic rings. The lowest BCUT2D eigenvalue weighted by atomic mass is 10.1. The van der Waals surface area contributed by atoms with Crippen molar-refractivity contribution in [3.05, 3.63) is 134 Å². The second-order valence-electron chi connectivity index (χ2n) is 10.7. The Labute approximate surface area is 250 Å². The van der Waals surface area contributed by atoms with E-state index >= 15 is 0 Å². The number of aromatic nitrogens is 8. The summed E-state index contributed by atoms with van der Waals surface area (Å²) >= 11 is 0. The van der Waals surface area contributed by atoms with E-state index in [-0.39, 0.29) is 0 Å². The summed E-state index contributed by atoms with van der Waals surface area (Å²) in [5, 5.41) is 19.6. The van der Waals surface area contributed by atoms with Crippen molar-refractivity contribution in [1.29, 1.82) is 0 Å². The molecule has 0 aliphatic carbocycles. The first-order valence-electron chi connectivity index (χ1n) is 14.4. The number of benzene rings is 4. The molecule has 0 saturated carbocycles. The lowest BCUT2D eigenvalue weighted by molar-refractivity contribution is 1.05. The van der Waals surface area contributed by atoms with Gasteiger partial charge in [0.05, 0.1) is 22.4 Å². The summed E-state index contributed by atoms with van der Waals surface area (Å²) in [6, 6.07) is 41.0. The highest BCUT2D eigenvalue weighted by molar-refractivity contribution is 5.97. The number of hydrogen-bond donors (Lipinski definition) is 2. The van der Waals surface area contributed by atoms with Gasteiger partial charge in [0.1, 0.15) is 11.0 Å². The van der Waals surface area contributed by atoms with Gasteiger partial charge in [-0.2, -0.15) is 0 Å². The predicted molar refractivity (Wildman–Crippen MR) is 176 cm³/mol. The largest absolute Gasteiger partial charge is 0.360 e. The number of aromatic amines is 2. The van der Waals surface area contributed by atoms with Crippen LogP contribution in [0.5, 0.6) is 0 Å². The molecule has 0 aliphatic rings. The first-order chi connectivity index (χ1) is 21.8. The molecule has 0 atom stereocenters. The van der Waals surface area contributed by atoms with E-state index in [1.54, 1.807) is 0 Å². The Morgan fingerprint density at radius 2 is 0.841 bits per heavy atom. The van der Waals surface area contributed by atoms with E-state index in [1.165, 1.54) is 21.9 Å². The van der Waals surface area contributed by atoms with Crippen LogP contribution in [0.3, 0.4) is 0 Å². The van der Waals surface area contributed by atoms with Gasteiger partial charge in [0.25, 0.3) is 0 Å². The summed E-state index contributed by atoms with van der Waals surface area (Å²) in [7, 11) is 0. The third-order valence-electron chi connectivity index (χ3n) is 8.22. The zero-order valence-electron chi connectivity index (χ0n) is 23.4. The van der Waals surface area contributed by atoms with Gasteiger partial charge in [-0.1, -0.05) is 60.7 Å². The van der Waals surface area contributed by atoms with Crippen molar-refractivity contribution >= 4 is 55.2 Å². The highest BCUT2D eigenvalue weighted by Crippen LogP contribution is 2.32. The monoisotopic (exact) mass is 568 g/mol. The molecule has 0 spiro atoms. The van der Waals surface area contributed by atoms with Crippen LogP contribution in [-0.2, 0) is 0 Å². The van der Waals surface area contributed by atoms with E-state index in [0.29, 0.717) is 0 Å². The van der Waals surface area contributed by atoms with E-state index in [2.05, 4.69) is 112 Å². The molecule has 6 aromatic heterocycles. The zero-order chi connectivity index (χ0) is 29.0. The summed E-state index contributed by atoms with van der Waals surface area (Å²) < 4.78 is 4.33. The Balaban J connectivity index is 0.000000123. The fraction of sp³-hybridized carbons (Fsp3) is 0. The number of rotatable bonds is 2. The van der Waals surface area contributed by atoms with Crippen LogP contribution in [0, 0.1) is 0 Å². The van der Waals surface area contributed by atoms with E-state index < -0.39 is 0 Å². The van der Waals surface area contributed by atoms with Gasteiger partial charge < -0.3 is 9.97 Å². The molecule has 4 aromatic carbocycles. The fourth-order valence-corrected chi connectivity index (χ4v) is 6.19. The highest BCUT2D eigenvalue weighted by Gasteiger charge is 2.14. The van der Waals surface area contributed by atoms with E-state index in [4.69, 9.17) is 0 Å². The molecule has 6 heterocycles. The van der Waals surface area contributed by atoms with E-state index in [9.17, 15) is 0 Å². The third kappa shape index (κ3) is 3.71. The minimum atomic E-state index is 0.860. The molecule has 208 valence electrons. The van der Waals surface area contributed by atoms with E-state index in [0.717, 1.165) is 55.8 Å². The van der Waals surface area contributed by atoms with Gasteiger partial charge in [-0.25, -0.2) is 0 Å². The van der Waals surface area contributed by atoms with Gasteiger partial charge in [0.2, 0.25) is 0 Å². The van der Waals surface area contributed by atoms with Crippen LogP contribution in [0.25, 0.3) is 77.7 Å². The molecule has 44 heavy (non-hydrogen) atoms. The molecule has 0 saturated heterocycles. The molecule has 0 bridgehead atoms. The second kappa shape index (κ2) is 9.64. The third-order valence-corrected chi connectivity index (χ3v) is 8.22. The number of H-pyrrole nitrogens is 2. The lowest BCUT2D eigenvalue weighted by Crippen LogP contribution is -1.95. The normalized spacial score (nSPS) is 11.6. The molecule has 2 N–H and O–H groups in total. The summed E-state index contributed by atoms with van der Waals surface area (Å²) in [5.74, 6) is 0. The van der Waals surface area contributed by atoms with Crippen LogP contribution in [0.2, 0.25) is 0 Å². The van der Waals surface area contributed by atoms with E-state index in [1.807, 2.05) is 60.7 Å². The molecule has 0 aliphatic heterocycles. The second-order valence-corrected chi connectivity index (χ2v) is 10.7. The van der Waals surface area contributed by atoms with Gasteiger partial charge in [0, 0.05) is 45.3 Å². The maximum absolute atomic E-state index is 4.32.